The van der Waals surface area contributed by atoms with Crippen LogP contribution in [-0.4, -0.2) is 44.6 Å². The molecule has 0 saturated heterocycles. The van der Waals surface area contributed by atoms with Crippen LogP contribution in [0.4, 0.5) is 0 Å². The summed E-state index contributed by atoms with van der Waals surface area (Å²) >= 11 is 0. The molecule has 5 nitrogen and oxygen atoms in total. The number of nitrogens with one attached hydrogen (secondary N) is 1. The van der Waals surface area contributed by atoms with Crippen LogP contribution in [0, 0.1) is 0 Å². The minimum Gasteiger partial charge on any atom is -0.392 e. The smallest absolute Gasteiger partial charge is 0.240 e. The van der Waals surface area contributed by atoms with Crippen LogP contribution in [0.2, 0.25) is 0 Å². The lowest BCUT2D eigenvalue weighted by atomic mass is 10.2. The topological polar surface area (TPSA) is 69.6 Å². The molecule has 0 bridgehead atoms. The van der Waals surface area contributed by atoms with E-state index < -0.39 is 10.0 Å². The van der Waals surface area contributed by atoms with Gasteiger partial charge in [-0.15, -0.1) is 0 Å². The van der Waals surface area contributed by atoms with E-state index in [1.54, 1.807) is 12.1 Å². The van der Waals surface area contributed by atoms with Crippen molar-refractivity contribution in [3.05, 3.63) is 29.8 Å². The van der Waals surface area contributed by atoms with Crippen LogP contribution in [0.5, 0.6) is 0 Å². The summed E-state index contributed by atoms with van der Waals surface area (Å²) in [6.45, 7) is 6.97. The number of benzene rings is 1. The number of sulfonamides is 1. The molecule has 0 spiro atoms. The van der Waals surface area contributed by atoms with E-state index in [0.29, 0.717) is 18.7 Å². The van der Waals surface area contributed by atoms with Crippen molar-refractivity contribution in [1.29, 1.82) is 0 Å². The van der Waals surface area contributed by atoms with Gasteiger partial charge in [0, 0.05) is 13.1 Å². The third kappa shape index (κ3) is 5.20. The van der Waals surface area contributed by atoms with Crippen LogP contribution < -0.4 is 4.72 Å². The number of likely N-dealkylation sites (N-methyl/N-ethyl adjacent to an activating group) is 1. The highest BCUT2D eigenvalue weighted by Gasteiger charge is 2.14. The zero-order chi connectivity index (χ0) is 15.0. The summed E-state index contributed by atoms with van der Waals surface area (Å²) < 4.78 is 26.8. The molecule has 0 atom stereocenters. The minimum absolute atomic E-state index is 0.163. The van der Waals surface area contributed by atoms with Crippen molar-refractivity contribution >= 4 is 10.0 Å². The fourth-order valence-electron chi connectivity index (χ4n) is 1.98. The van der Waals surface area contributed by atoms with Gasteiger partial charge in [-0.2, -0.15) is 0 Å². The van der Waals surface area contributed by atoms with Gasteiger partial charge in [0.2, 0.25) is 10.0 Å². The second-order valence-corrected chi connectivity index (χ2v) is 6.40. The molecule has 0 saturated carbocycles. The summed E-state index contributed by atoms with van der Waals surface area (Å²) in [5.74, 6) is 0. The van der Waals surface area contributed by atoms with Crippen LogP contribution in [0.3, 0.4) is 0 Å². The van der Waals surface area contributed by atoms with E-state index in [1.807, 2.05) is 0 Å². The molecule has 0 aliphatic carbocycles. The molecule has 0 radical (unpaired) electrons. The lowest BCUT2D eigenvalue weighted by molar-refractivity contribution is 0.281. The fourth-order valence-corrected chi connectivity index (χ4v) is 3.07. The Hall–Kier alpha value is -0.950. The van der Waals surface area contributed by atoms with E-state index in [2.05, 4.69) is 23.5 Å². The maximum absolute atomic E-state index is 12.1. The summed E-state index contributed by atoms with van der Waals surface area (Å²) in [6.07, 6.45) is 1.05. The first-order valence-electron chi connectivity index (χ1n) is 6.95. The van der Waals surface area contributed by atoms with Crippen molar-refractivity contribution in [3.8, 4) is 0 Å². The zero-order valence-corrected chi connectivity index (χ0v) is 13.0. The molecule has 1 aromatic carbocycles. The number of aliphatic hydroxyl groups excluding tert-OH is 1. The predicted octanol–water partition coefficient (Wildman–Crippen LogP) is 1.19. The van der Waals surface area contributed by atoms with Gasteiger partial charge in [-0.3, -0.25) is 0 Å². The summed E-state index contributed by atoms with van der Waals surface area (Å²) in [6, 6.07) is 6.35. The summed E-state index contributed by atoms with van der Waals surface area (Å²) in [5.41, 5.74) is 0.592. The van der Waals surface area contributed by atoms with E-state index in [0.717, 1.165) is 19.5 Å². The van der Waals surface area contributed by atoms with Gasteiger partial charge in [0.15, 0.2) is 0 Å². The van der Waals surface area contributed by atoms with Crippen molar-refractivity contribution in [3.63, 3.8) is 0 Å². The maximum atomic E-state index is 12.1. The highest BCUT2D eigenvalue weighted by Crippen LogP contribution is 2.11. The Morgan fingerprint density at radius 2 is 2.00 bits per heavy atom. The minimum atomic E-state index is -3.50. The maximum Gasteiger partial charge on any atom is 0.240 e. The second kappa shape index (κ2) is 8.36. The molecule has 0 aliphatic heterocycles. The fraction of sp³-hybridized carbons (Fsp3) is 0.571. The predicted molar refractivity (Wildman–Crippen MR) is 80.0 cm³/mol. The molecule has 0 heterocycles. The molecule has 20 heavy (non-hydrogen) atoms. The molecule has 114 valence electrons. The molecule has 0 aliphatic rings. The van der Waals surface area contributed by atoms with Crippen LogP contribution in [0.25, 0.3) is 0 Å². The third-order valence-electron chi connectivity index (χ3n) is 3.10. The Morgan fingerprint density at radius 1 is 1.25 bits per heavy atom. The Bertz CT molecular complexity index is 503. The molecular weight excluding hydrogens is 276 g/mol. The first kappa shape index (κ1) is 17.1. The van der Waals surface area contributed by atoms with Crippen molar-refractivity contribution in [2.45, 2.75) is 31.8 Å². The highest BCUT2D eigenvalue weighted by molar-refractivity contribution is 7.89. The normalized spacial score (nSPS) is 12.0. The van der Waals surface area contributed by atoms with Gasteiger partial charge >= 0.3 is 0 Å². The van der Waals surface area contributed by atoms with E-state index >= 15 is 0 Å². The SMILES string of the molecule is CCCN(CC)CCNS(=O)(=O)c1cccc(CO)c1. The van der Waals surface area contributed by atoms with Crippen LogP contribution in [-0.2, 0) is 16.6 Å². The van der Waals surface area contributed by atoms with E-state index in [4.69, 9.17) is 5.11 Å². The Kier molecular flexibility index (Phi) is 7.15. The van der Waals surface area contributed by atoms with E-state index in [9.17, 15) is 8.42 Å². The van der Waals surface area contributed by atoms with Crippen LogP contribution in [0.1, 0.15) is 25.8 Å². The second-order valence-electron chi connectivity index (χ2n) is 4.64. The lowest BCUT2D eigenvalue weighted by Gasteiger charge is -2.19. The molecule has 1 aromatic rings. The zero-order valence-electron chi connectivity index (χ0n) is 12.2. The molecular formula is C14H24N2O3S. The molecule has 2 N–H and O–H groups in total. The summed E-state index contributed by atoms with van der Waals surface area (Å²) in [4.78, 5) is 2.40. The first-order valence-corrected chi connectivity index (χ1v) is 8.43. The van der Waals surface area contributed by atoms with Crippen molar-refractivity contribution in [2.75, 3.05) is 26.2 Å². The van der Waals surface area contributed by atoms with Gasteiger partial charge < -0.3 is 10.0 Å². The number of hydrogen-bond acceptors (Lipinski definition) is 4. The molecule has 0 amide bonds. The van der Waals surface area contributed by atoms with Crippen molar-refractivity contribution in [1.82, 2.24) is 9.62 Å². The molecule has 0 unspecified atom stereocenters. The van der Waals surface area contributed by atoms with Gasteiger partial charge in [0.25, 0.3) is 0 Å². The van der Waals surface area contributed by atoms with Gasteiger partial charge in [-0.1, -0.05) is 26.0 Å². The van der Waals surface area contributed by atoms with Crippen molar-refractivity contribution in [2.24, 2.45) is 0 Å². The molecule has 1 rings (SSSR count). The summed E-state index contributed by atoms with van der Waals surface area (Å²) in [7, 11) is -3.50. The lowest BCUT2D eigenvalue weighted by Crippen LogP contribution is -2.35. The van der Waals surface area contributed by atoms with Gasteiger partial charge in [-0.25, -0.2) is 13.1 Å². The summed E-state index contributed by atoms with van der Waals surface area (Å²) in [5, 5.41) is 9.05. The van der Waals surface area contributed by atoms with E-state index in [-0.39, 0.29) is 11.5 Å². The average Bonchev–Trinajstić information content (AvgIpc) is 2.46. The van der Waals surface area contributed by atoms with Crippen molar-refractivity contribution < 1.29 is 13.5 Å². The monoisotopic (exact) mass is 300 g/mol. The largest absolute Gasteiger partial charge is 0.392 e. The molecule has 0 aromatic heterocycles. The van der Waals surface area contributed by atoms with Crippen LogP contribution in [0.15, 0.2) is 29.2 Å². The number of hydrogen-bond donors (Lipinski definition) is 2. The first-order chi connectivity index (χ1) is 9.53. The third-order valence-corrected chi connectivity index (χ3v) is 4.56. The molecule has 0 fully saturated rings. The molecule has 6 heteroatoms. The number of nitrogens with zero attached hydrogens (tertiary/aromatic N) is 1. The average molecular weight is 300 g/mol. The van der Waals surface area contributed by atoms with Gasteiger partial charge in [0.05, 0.1) is 11.5 Å². The van der Waals surface area contributed by atoms with Crippen LogP contribution >= 0.6 is 0 Å². The Balaban J connectivity index is 2.61. The standard InChI is InChI=1S/C14H24N2O3S/c1-3-9-16(4-2)10-8-15-20(18,19)14-7-5-6-13(11-14)12-17/h5-7,11,15,17H,3-4,8-10,12H2,1-2H3. The number of rotatable bonds is 9. The van der Waals surface area contributed by atoms with Gasteiger partial charge in [0.1, 0.15) is 0 Å². The number of aliphatic hydroxyl groups is 1. The van der Waals surface area contributed by atoms with Gasteiger partial charge in [-0.05, 0) is 37.2 Å². The highest BCUT2D eigenvalue weighted by atomic mass is 32.2. The van der Waals surface area contributed by atoms with E-state index in [1.165, 1.54) is 12.1 Å². The quantitative estimate of drug-likeness (QED) is 0.719. The Labute approximate surface area is 121 Å². The Morgan fingerprint density at radius 3 is 2.60 bits per heavy atom.